The van der Waals surface area contributed by atoms with Gasteiger partial charge in [0.2, 0.25) is 5.43 Å². The Hall–Kier alpha value is -4.91. The van der Waals surface area contributed by atoms with Crippen LogP contribution < -0.4 is 14.9 Å². The minimum Gasteiger partial charge on any atom is -0.504 e. The summed E-state index contributed by atoms with van der Waals surface area (Å²) >= 11 is 0. The van der Waals surface area contributed by atoms with E-state index in [1.807, 2.05) is 60.7 Å². The van der Waals surface area contributed by atoms with E-state index in [4.69, 9.17) is 18.6 Å². The summed E-state index contributed by atoms with van der Waals surface area (Å²) in [6.07, 6.45) is -8.17. The molecule has 1 fully saturated rings. The minimum atomic E-state index is -1.82. The lowest BCUT2D eigenvalue weighted by atomic mass is 9.89. The van der Waals surface area contributed by atoms with Crippen molar-refractivity contribution >= 4 is 11.0 Å². The van der Waals surface area contributed by atoms with E-state index in [1.165, 1.54) is 18.2 Å². The van der Waals surface area contributed by atoms with Crippen molar-refractivity contribution in [2.75, 3.05) is 6.61 Å². The third-order valence-electron chi connectivity index (χ3n) is 7.87. The molecule has 1 aliphatic rings. The standard InChI is InChI=1S/C35H32O11/c36-16-27-30(39)32(41)33(42)35(46-27)29-31(40)28-25(44-18-20-9-5-2-6-10-20)14-22(43-17-19-7-3-1-4-8-19)15-26(28)45-34(29)21-11-12-23(37)24(38)13-21/h1-15,27,30,32-33,35-39,41-42H,16-18H2/t27-,30-,32+,33-,35+/m1/s1. The summed E-state index contributed by atoms with van der Waals surface area (Å²) in [5.41, 5.74) is 0.913. The maximum absolute atomic E-state index is 14.5. The molecule has 11 heteroatoms. The number of aromatic hydroxyl groups is 2. The van der Waals surface area contributed by atoms with Crippen molar-refractivity contribution in [3.8, 4) is 34.3 Å². The second-order valence-corrected chi connectivity index (χ2v) is 11.0. The molecular formula is C35H32O11. The predicted octanol–water partition coefficient (Wildman–Crippen LogP) is 3.54. The Morgan fingerprint density at radius 2 is 1.37 bits per heavy atom. The van der Waals surface area contributed by atoms with Crippen LogP contribution in [0.4, 0.5) is 0 Å². The Morgan fingerprint density at radius 3 is 2.00 bits per heavy atom. The third kappa shape index (κ3) is 6.14. The Labute approximate surface area is 262 Å². The maximum Gasteiger partial charge on any atom is 0.203 e. The van der Waals surface area contributed by atoms with Gasteiger partial charge in [-0.1, -0.05) is 60.7 Å². The molecule has 2 heterocycles. The number of phenols is 2. The van der Waals surface area contributed by atoms with E-state index in [0.717, 1.165) is 17.2 Å². The average Bonchev–Trinajstić information content (AvgIpc) is 3.07. The molecule has 0 aliphatic carbocycles. The summed E-state index contributed by atoms with van der Waals surface area (Å²) in [5, 5.41) is 62.1. The number of aliphatic hydroxyl groups excluding tert-OH is 4. The molecule has 5 aromatic rings. The summed E-state index contributed by atoms with van der Waals surface area (Å²) in [7, 11) is 0. The molecule has 4 aromatic carbocycles. The van der Waals surface area contributed by atoms with Crippen LogP contribution in [0, 0.1) is 0 Å². The molecule has 46 heavy (non-hydrogen) atoms. The molecule has 1 aromatic heterocycles. The van der Waals surface area contributed by atoms with E-state index < -0.39 is 54.1 Å². The zero-order valence-electron chi connectivity index (χ0n) is 24.4. The molecule has 1 aliphatic heterocycles. The van der Waals surface area contributed by atoms with Crippen LogP contribution in [-0.4, -0.2) is 61.7 Å². The van der Waals surface area contributed by atoms with Gasteiger partial charge in [-0.25, -0.2) is 0 Å². The van der Waals surface area contributed by atoms with Crippen LogP contribution in [-0.2, 0) is 18.0 Å². The first-order chi connectivity index (χ1) is 22.2. The van der Waals surface area contributed by atoms with E-state index in [0.29, 0.717) is 5.75 Å². The van der Waals surface area contributed by atoms with Gasteiger partial charge in [-0.15, -0.1) is 0 Å². The van der Waals surface area contributed by atoms with Crippen molar-refractivity contribution in [3.05, 3.63) is 118 Å². The molecule has 0 radical (unpaired) electrons. The second kappa shape index (κ2) is 13.2. The fourth-order valence-corrected chi connectivity index (χ4v) is 5.42. The molecule has 6 N–H and O–H groups in total. The summed E-state index contributed by atoms with van der Waals surface area (Å²) in [4.78, 5) is 14.5. The quantitative estimate of drug-likeness (QED) is 0.132. The number of ether oxygens (including phenoxy) is 3. The maximum atomic E-state index is 14.5. The Morgan fingerprint density at radius 1 is 0.717 bits per heavy atom. The lowest BCUT2D eigenvalue weighted by Crippen LogP contribution is -2.55. The monoisotopic (exact) mass is 628 g/mol. The first kappa shape index (κ1) is 31.1. The molecule has 238 valence electrons. The lowest BCUT2D eigenvalue weighted by molar-refractivity contribution is -0.232. The SMILES string of the molecule is O=c1c([C@@H]2O[C@H](CO)[C@@H](O)[C@H](O)[C@H]2O)c(-c2ccc(O)c(O)c2)oc2cc(OCc3ccccc3)cc(OCc3ccccc3)c12. The van der Waals surface area contributed by atoms with Crippen molar-refractivity contribution in [2.45, 2.75) is 43.7 Å². The Bertz CT molecular complexity index is 1870. The third-order valence-corrected chi connectivity index (χ3v) is 7.87. The number of benzene rings is 4. The molecule has 0 unspecified atom stereocenters. The lowest BCUT2D eigenvalue weighted by Gasteiger charge is -2.40. The number of hydrogen-bond donors (Lipinski definition) is 6. The molecule has 6 rings (SSSR count). The van der Waals surface area contributed by atoms with Crippen LogP contribution in [0.1, 0.15) is 22.8 Å². The predicted molar refractivity (Wildman–Crippen MR) is 166 cm³/mol. The van der Waals surface area contributed by atoms with E-state index in [2.05, 4.69) is 0 Å². The highest BCUT2D eigenvalue weighted by molar-refractivity contribution is 5.88. The fraction of sp³-hybridized carbons (Fsp3) is 0.229. The number of hydrogen-bond acceptors (Lipinski definition) is 11. The molecule has 0 saturated carbocycles. The van der Waals surface area contributed by atoms with Gasteiger partial charge >= 0.3 is 0 Å². The topological polar surface area (TPSA) is 179 Å². The van der Waals surface area contributed by atoms with Crippen LogP contribution in [0.2, 0.25) is 0 Å². The fourth-order valence-electron chi connectivity index (χ4n) is 5.42. The molecular weight excluding hydrogens is 596 g/mol. The van der Waals surface area contributed by atoms with Gasteiger partial charge < -0.3 is 49.3 Å². The summed E-state index contributed by atoms with van der Waals surface area (Å²) in [6.45, 7) is -0.430. The van der Waals surface area contributed by atoms with Crippen LogP contribution >= 0.6 is 0 Å². The molecule has 0 spiro atoms. The normalized spacial score (nSPS) is 21.3. The molecule has 0 amide bonds. The van der Waals surface area contributed by atoms with Gasteiger partial charge in [-0.05, 0) is 29.3 Å². The van der Waals surface area contributed by atoms with Gasteiger partial charge in [0.05, 0.1) is 12.2 Å². The number of rotatable bonds is 9. The van der Waals surface area contributed by atoms with E-state index >= 15 is 0 Å². The average molecular weight is 629 g/mol. The molecule has 11 nitrogen and oxygen atoms in total. The van der Waals surface area contributed by atoms with E-state index in [-0.39, 0.29) is 46.8 Å². The van der Waals surface area contributed by atoms with E-state index in [1.54, 1.807) is 6.07 Å². The highest BCUT2D eigenvalue weighted by Crippen LogP contribution is 2.41. The summed E-state index contributed by atoms with van der Waals surface area (Å²) < 4.78 is 24.3. The van der Waals surface area contributed by atoms with Crippen molar-refractivity contribution in [1.29, 1.82) is 0 Å². The van der Waals surface area contributed by atoms with Crippen LogP contribution in [0.3, 0.4) is 0 Å². The Balaban J connectivity index is 1.55. The van der Waals surface area contributed by atoms with Crippen molar-refractivity contribution < 1.29 is 49.3 Å². The van der Waals surface area contributed by atoms with Crippen molar-refractivity contribution in [2.24, 2.45) is 0 Å². The zero-order chi connectivity index (χ0) is 32.4. The molecule has 1 saturated heterocycles. The first-order valence-electron chi connectivity index (χ1n) is 14.6. The van der Waals surface area contributed by atoms with Gasteiger partial charge in [0.25, 0.3) is 0 Å². The minimum absolute atomic E-state index is 0.0262. The molecule has 0 bridgehead atoms. The largest absolute Gasteiger partial charge is 0.504 e. The summed E-state index contributed by atoms with van der Waals surface area (Å²) in [6, 6.07) is 25.5. The van der Waals surface area contributed by atoms with Crippen LogP contribution in [0.5, 0.6) is 23.0 Å². The van der Waals surface area contributed by atoms with Gasteiger partial charge in [0.15, 0.2) is 11.5 Å². The van der Waals surface area contributed by atoms with Crippen molar-refractivity contribution in [3.63, 3.8) is 0 Å². The van der Waals surface area contributed by atoms with Crippen LogP contribution in [0.15, 0.2) is 100 Å². The highest BCUT2D eigenvalue weighted by atomic mass is 16.5. The number of phenolic OH excluding ortho intramolecular Hbond substituents is 2. The van der Waals surface area contributed by atoms with Crippen LogP contribution in [0.25, 0.3) is 22.3 Å². The van der Waals surface area contributed by atoms with E-state index in [9.17, 15) is 35.4 Å². The smallest absolute Gasteiger partial charge is 0.203 e. The van der Waals surface area contributed by atoms with Gasteiger partial charge in [-0.2, -0.15) is 0 Å². The second-order valence-electron chi connectivity index (χ2n) is 11.0. The van der Waals surface area contributed by atoms with Gasteiger partial charge in [0, 0.05) is 17.7 Å². The Kier molecular flexibility index (Phi) is 8.93. The first-order valence-corrected chi connectivity index (χ1v) is 14.6. The van der Waals surface area contributed by atoms with Crippen molar-refractivity contribution in [1.82, 2.24) is 0 Å². The highest BCUT2D eigenvalue weighted by Gasteiger charge is 2.46. The molecule has 5 atom stereocenters. The zero-order valence-corrected chi connectivity index (χ0v) is 24.4. The number of aliphatic hydroxyl groups is 4. The van der Waals surface area contributed by atoms with Gasteiger partial charge in [-0.3, -0.25) is 4.79 Å². The number of fused-ring (bicyclic) bond motifs is 1. The summed E-state index contributed by atoms with van der Waals surface area (Å²) in [5.74, 6) is -0.667. The van der Waals surface area contributed by atoms with Gasteiger partial charge in [0.1, 0.15) is 72.0 Å².